The van der Waals surface area contributed by atoms with Crippen molar-refractivity contribution in [1.82, 2.24) is 20.2 Å². The molecule has 0 aliphatic heterocycles. The SMILES string of the molecule is Cn1nnc(CC(O)c2ccc(F)cc2C(F)(F)F)n1. The van der Waals surface area contributed by atoms with Crippen LogP contribution in [0.3, 0.4) is 0 Å². The number of alkyl halides is 3. The fourth-order valence-corrected chi connectivity index (χ4v) is 1.75. The van der Waals surface area contributed by atoms with E-state index in [1.165, 1.54) is 7.05 Å². The fraction of sp³-hybridized carbons (Fsp3) is 0.364. The Labute approximate surface area is 110 Å². The van der Waals surface area contributed by atoms with Crippen molar-refractivity contribution in [1.29, 1.82) is 0 Å². The summed E-state index contributed by atoms with van der Waals surface area (Å²) < 4.78 is 51.4. The van der Waals surface area contributed by atoms with E-state index in [0.29, 0.717) is 6.07 Å². The molecule has 0 aliphatic rings. The van der Waals surface area contributed by atoms with Gasteiger partial charge in [0.15, 0.2) is 5.82 Å². The van der Waals surface area contributed by atoms with Gasteiger partial charge in [-0.2, -0.15) is 18.0 Å². The Bertz CT molecular complexity index is 611. The number of rotatable bonds is 3. The molecule has 108 valence electrons. The maximum absolute atomic E-state index is 13.0. The number of aryl methyl sites for hydroxylation is 1. The van der Waals surface area contributed by atoms with Crippen LogP contribution in [-0.4, -0.2) is 25.3 Å². The fourth-order valence-electron chi connectivity index (χ4n) is 1.75. The van der Waals surface area contributed by atoms with Gasteiger partial charge in [0.05, 0.1) is 18.7 Å². The molecule has 1 aromatic heterocycles. The second-order valence-corrected chi connectivity index (χ2v) is 4.14. The van der Waals surface area contributed by atoms with Crippen LogP contribution in [-0.2, 0) is 19.6 Å². The number of hydrogen-bond acceptors (Lipinski definition) is 4. The van der Waals surface area contributed by atoms with Gasteiger partial charge in [0.1, 0.15) is 5.82 Å². The average Bonchev–Trinajstić information content (AvgIpc) is 2.73. The molecule has 1 atom stereocenters. The number of tetrazole rings is 1. The normalized spacial score (nSPS) is 13.5. The molecule has 0 saturated heterocycles. The van der Waals surface area contributed by atoms with E-state index in [0.717, 1.165) is 16.9 Å². The predicted octanol–water partition coefficient (Wildman–Crippen LogP) is 1.64. The number of aliphatic hydroxyl groups excluding tert-OH is 1. The molecular weight excluding hydrogens is 280 g/mol. The first-order chi connectivity index (χ1) is 9.27. The van der Waals surface area contributed by atoms with Crippen molar-refractivity contribution < 1.29 is 22.7 Å². The highest BCUT2D eigenvalue weighted by Crippen LogP contribution is 2.35. The topological polar surface area (TPSA) is 63.8 Å². The number of benzene rings is 1. The quantitative estimate of drug-likeness (QED) is 0.873. The summed E-state index contributed by atoms with van der Waals surface area (Å²) in [5.41, 5.74) is -1.64. The van der Waals surface area contributed by atoms with Crippen molar-refractivity contribution in [2.45, 2.75) is 18.7 Å². The van der Waals surface area contributed by atoms with Gasteiger partial charge in [0.25, 0.3) is 0 Å². The molecule has 1 N–H and O–H groups in total. The van der Waals surface area contributed by atoms with Gasteiger partial charge in [0, 0.05) is 6.42 Å². The zero-order valence-electron chi connectivity index (χ0n) is 10.3. The lowest BCUT2D eigenvalue weighted by molar-refractivity contribution is -0.139. The van der Waals surface area contributed by atoms with Crippen molar-refractivity contribution in [3.05, 3.63) is 41.0 Å². The number of nitrogens with zero attached hydrogens (tertiary/aromatic N) is 4. The van der Waals surface area contributed by atoms with Crippen molar-refractivity contribution in [3.8, 4) is 0 Å². The highest BCUT2D eigenvalue weighted by Gasteiger charge is 2.35. The Morgan fingerprint density at radius 3 is 2.60 bits per heavy atom. The highest BCUT2D eigenvalue weighted by atomic mass is 19.4. The zero-order chi connectivity index (χ0) is 14.9. The van der Waals surface area contributed by atoms with Crippen LogP contribution in [0.15, 0.2) is 18.2 Å². The summed E-state index contributed by atoms with van der Waals surface area (Å²) in [6.07, 6.45) is -6.51. The lowest BCUT2D eigenvalue weighted by Crippen LogP contribution is -2.14. The Morgan fingerprint density at radius 1 is 1.35 bits per heavy atom. The van der Waals surface area contributed by atoms with Gasteiger partial charge in [-0.05, 0) is 22.9 Å². The lowest BCUT2D eigenvalue weighted by atomic mass is 9.99. The highest BCUT2D eigenvalue weighted by molar-refractivity contribution is 5.32. The first kappa shape index (κ1) is 14.4. The molecular formula is C11H10F4N4O. The molecule has 0 spiro atoms. The molecule has 5 nitrogen and oxygen atoms in total. The predicted molar refractivity (Wildman–Crippen MR) is 58.9 cm³/mol. The number of aromatic nitrogens is 4. The lowest BCUT2D eigenvalue weighted by Gasteiger charge is -2.16. The Morgan fingerprint density at radius 2 is 2.05 bits per heavy atom. The van der Waals surface area contributed by atoms with Gasteiger partial charge in [-0.1, -0.05) is 6.07 Å². The van der Waals surface area contributed by atoms with Crippen molar-refractivity contribution in [2.24, 2.45) is 7.05 Å². The van der Waals surface area contributed by atoms with Crippen LogP contribution in [0.1, 0.15) is 23.1 Å². The standard InChI is InChI=1S/C11H10F4N4O/c1-19-17-10(16-18-19)5-9(20)7-3-2-6(12)4-8(7)11(13,14)15/h2-4,9,20H,5H2,1H3. The summed E-state index contributed by atoms with van der Waals surface area (Å²) in [5, 5.41) is 20.7. The van der Waals surface area contributed by atoms with Crippen molar-refractivity contribution in [2.75, 3.05) is 0 Å². The minimum atomic E-state index is -4.76. The van der Waals surface area contributed by atoms with Crippen molar-refractivity contribution >= 4 is 0 Å². The summed E-state index contributed by atoms with van der Waals surface area (Å²) >= 11 is 0. The van der Waals surface area contributed by atoms with Gasteiger partial charge in [-0.15, -0.1) is 10.2 Å². The monoisotopic (exact) mass is 290 g/mol. The summed E-state index contributed by atoms with van der Waals surface area (Å²) in [6.45, 7) is 0. The number of hydrogen-bond donors (Lipinski definition) is 1. The van der Waals surface area contributed by atoms with E-state index in [9.17, 15) is 22.7 Å². The second kappa shape index (κ2) is 5.16. The van der Waals surface area contributed by atoms with E-state index in [4.69, 9.17) is 0 Å². The summed E-state index contributed by atoms with van der Waals surface area (Å²) in [7, 11) is 1.49. The van der Waals surface area contributed by atoms with Crippen LogP contribution in [0.25, 0.3) is 0 Å². The van der Waals surface area contributed by atoms with Crippen LogP contribution in [0.2, 0.25) is 0 Å². The largest absolute Gasteiger partial charge is 0.416 e. The molecule has 1 heterocycles. The second-order valence-electron chi connectivity index (χ2n) is 4.14. The zero-order valence-corrected chi connectivity index (χ0v) is 10.3. The summed E-state index contributed by atoms with van der Waals surface area (Å²) in [6, 6.07) is 2.11. The molecule has 0 radical (unpaired) electrons. The van der Waals surface area contributed by atoms with Crippen molar-refractivity contribution in [3.63, 3.8) is 0 Å². The van der Waals surface area contributed by atoms with E-state index < -0.39 is 29.2 Å². The minimum absolute atomic E-state index is 0.0949. The molecule has 2 rings (SSSR count). The maximum Gasteiger partial charge on any atom is 0.416 e. The van der Waals surface area contributed by atoms with Gasteiger partial charge < -0.3 is 5.11 Å². The molecule has 0 fully saturated rings. The third kappa shape index (κ3) is 3.10. The van der Waals surface area contributed by atoms with Crippen LogP contribution in [0.5, 0.6) is 0 Å². The number of aliphatic hydroxyl groups is 1. The summed E-state index contributed by atoms with van der Waals surface area (Å²) in [5.74, 6) is -0.927. The van der Waals surface area contributed by atoms with Crippen LogP contribution >= 0.6 is 0 Å². The molecule has 1 unspecified atom stereocenters. The molecule has 0 saturated carbocycles. The molecule has 0 aliphatic carbocycles. The third-order valence-electron chi connectivity index (χ3n) is 2.61. The first-order valence-corrected chi connectivity index (χ1v) is 5.55. The van der Waals surface area contributed by atoms with Gasteiger partial charge in [-0.25, -0.2) is 4.39 Å². The first-order valence-electron chi connectivity index (χ1n) is 5.55. The molecule has 0 bridgehead atoms. The average molecular weight is 290 g/mol. The Hall–Kier alpha value is -2.03. The van der Waals surface area contributed by atoms with Crippen LogP contribution in [0.4, 0.5) is 17.6 Å². The number of halogens is 4. The Balaban J connectivity index is 2.32. The van der Waals surface area contributed by atoms with Crippen LogP contribution < -0.4 is 0 Å². The molecule has 0 amide bonds. The van der Waals surface area contributed by atoms with Gasteiger partial charge in [0.2, 0.25) is 0 Å². The summed E-state index contributed by atoms with van der Waals surface area (Å²) in [4.78, 5) is 1.12. The van der Waals surface area contributed by atoms with Gasteiger partial charge >= 0.3 is 6.18 Å². The van der Waals surface area contributed by atoms with E-state index >= 15 is 0 Å². The molecule has 9 heteroatoms. The Kier molecular flexibility index (Phi) is 3.71. The van der Waals surface area contributed by atoms with Crippen LogP contribution in [0, 0.1) is 5.82 Å². The van der Waals surface area contributed by atoms with E-state index in [-0.39, 0.29) is 12.2 Å². The molecule has 2 aromatic rings. The smallest absolute Gasteiger partial charge is 0.388 e. The molecule has 1 aromatic carbocycles. The minimum Gasteiger partial charge on any atom is -0.388 e. The molecule has 20 heavy (non-hydrogen) atoms. The van der Waals surface area contributed by atoms with Gasteiger partial charge in [-0.3, -0.25) is 0 Å². The maximum atomic E-state index is 13.0. The van der Waals surface area contributed by atoms with E-state index in [2.05, 4.69) is 15.4 Å². The van der Waals surface area contributed by atoms with E-state index in [1.807, 2.05) is 0 Å². The third-order valence-corrected chi connectivity index (χ3v) is 2.61. The van der Waals surface area contributed by atoms with E-state index in [1.54, 1.807) is 0 Å².